The second kappa shape index (κ2) is 5.65. The number of nitriles is 1. The summed E-state index contributed by atoms with van der Waals surface area (Å²) in [6, 6.07) is 11.0. The number of hydrogen-bond acceptors (Lipinski definition) is 4. The van der Waals surface area contributed by atoms with Crippen molar-refractivity contribution in [2.45, 2.75) is 19.6 Å². The second-order valence-corrected chi connectivity index (χ2v) is 7.39. The van der Waals surface area contributed by atoms with Crippen LogP contribution in [0.1, 0.15) is 21.6 Å². The Hall–Kier alpha value is -1.84. The van der Waals surface area contributed by atoms with Gasteiger partial charge in [-0.05, 0) is 25.0 Å². The number of anilines is 1. The van der Waals surface area contributed by atoms with Gasteiger partial charge in [-0.2, -0.15) is 5.26 Å². The largest absolute Gasteiger partial charge is 0.273 e. The standard InChI is InChI=1S/C14H14N2O2S2/c1-10-11(2)19-14(13(10)8-15)16-20(17,18)9-12-6-4-3-5-7-12/h3-7,16H,9H2,1-2H3. The molecule has 0 unspecified atom stereocenters. The molecule has 2 rings (SSSR count). The van der Waals surface area contributed by atoms with Gasteiger partial charge in [-0.1, -0.05) is 30.3 Å². The fourth-order valence-corrected chi connectivity index (χ4v) is 4.30. The van der Waals surface area contributed by atoms with Crippen molar-refractivity contribution in [3.8, 4) is 6.07 Å². The summed E-state index contributed by atoms with van der Waals surface area (Å²) in [5, 5.41) is 9.52. The van der Waals surface area contributed by atoms with E-state index in [0.717, 1.165) is 10.4 Å². The van der Waals surface area contributed by atoms with Crippen LogP contribution >= 0.6 is 11.3 Å². The summed E-state index contributed by atoms with van der Waals surface area (Å²) in [5.41, 5.74) is 1.95. The molecular weight excluding hydrogens is 292 g/mol. The number of nitrogens with zero attached hydrogens (tertiary/aromatic N) is 1. The normalized spacial score (nSPS) is 11.1. The lowest BCUT2D eigenvalue weighted by molar-refractivity contribution is 0.600. The van der Waals surface area contributed by atoms with Gasteiger partial charge in [0.15, 0.2) is 0 Å². The van der Waals surface area contributed by atoms with E-state index in [9.17, 15) is 8.42 Å². The van der Waals surface area contributed by atoms with E-state index >= 15 is 0 Å². The van der Waals surface area contributed by atoms with Crippen molar-refractivity contribution in [1.82, 2.24) is 0 Å². The Morgan fingerprint density at radius 2 is 1.90 bits per heavy atom. The van der Waals surface area contributed by atoms with Crippen molar-refractivity contribution in [3.05, 3.63) is 51.9 Å². The van der Waals surface area contributed by atoms with Crippen LogP contribution in [-0.2, 0) is 15.8 Å². The van der Waals surface area contributed by atoms with Crippen LogP contribution in [-0.4, -0.2) is 8.42 Å². The van der Waals surface area contributed by atoms with Crippen molar-refractivity contribution < 1.29 is 8.42 Å². The van der Waals surface area contributed by atoms with Gasteiger partial charge in [-0.15, -0.1) is 11.3 Å². The third kappa shape index (κ3) is 3.18. The minimum absolute atomic E-state index is 0.102. The lowest BCUT2D eigenvalue weighted by Crippen LogP contribution is -2.14. The summed E-state index contributed by atoms with van der Waals surface area (Å²) in [6.07, 6.45) is 0. The second-order valence-electron chi connectivity index (χ2n) is 4.45. The minimum atomic E-state index is -3.51. The van der Waals surface area contributed by atoms with Crippen molar-refractivity contribution in [2.75, 3.05) is 4.72 Å². The lowest BCUT2D eigenvalue weighted by Gasteiger charge is -2.06. The van der Waals surface area contributed by atoms with Gasteiger partial charge in [0, 0.05) is 4.88 Å². The van der Waals surface area contributed by atoms with Crippen molar-refractivity contribution >= 4 is 26.4 Å². The van der Waals surface area contributed by atoms with Crippen LogP contribution in [0.25, 0.3) is 0 Å². The first-order valence-corrected chi connectivity index (χ1v) is 8.44. The third-order valence-electron chi connectivity index (χ3n) is 2.94. The Balaban J connectivity index is 2.26. The molecule has 4 nitrogen and oxygen atoms in total. The van der Waals surface area contributed by atoms with Crippen LogP contribution in [0.4, 0.5) is 5.00 Å². The Morgan fingerprint density at radius 3 is 2.50 bits per heavy atom. The Bertz CT molecular complexity index is 756. The number of sulfonamides is 1. The predicted octanol–water partition coefficient (Wildman–Crippen LogP) is 3.18. The molecule has 1 aromatic carbocycles. The van der Waals surface area contributed by atoms with Gasteiger partial charge in [-0.25, -0.2) is 8.42 Å². The molecule has 1 aromatic heterocycles. The average molecular weight is 306 g/mol. The molecule has 1 heterocycles. The topological polar surface area (TPSA) is 70.0 Å². The molecule has 0 aliphatic heterocycles. The molecule has 20 heavy (non-hydrogen) atoms. The first kappa shape index (κ1) is 14.6. The van der Waals surface area contributed by atoms with Crippen LogP contribution in [0.3, 0.4) is 0 Å². The van der Waals surface area contributed by atoms with E-state index in [1.165, 1.54) is 11.3 Å². The summed E-state index contributed by atoms with van der Waals surface area (Å²) >= 11 is 1.29. The van der Waals surface area contributed by atoms with Gasteiger partial charge in [-0.3, -0.25) is 4.72 Å². The predicted molar refractivity (Wildman–Crippen MR) is 81.2 cm³/mol. The van der Waals surface area contributed by atoms with Crippen LogP contribution in [0.2, 0.25) is 0 Å². The fraction of sp³-hybridized carbons (Fsp3) is 0.214. The molecule has 0 aliphatic carbocycles. The molecule has 0 bridgehead atoms. The van der Waals surface area contributed by atoms with Gasteiger partial charge in [0.25, 0.3) is 0 Å². The van der Waals surface area contributed by atoms with Crippen LogP contribution in [0.15, 0.2) is 30.3 Å². The van der Waals surface area contributed by atoms with E-state index in [4.69, 9.17) is 5.26 Å². The maximum atomic E-state index is 12.1. The maximum Gasteiger partial charge on any atom is 0.237 e. The molecule has 0 aliphatic rings. The molecule has 0 atom stereocenters. The molecule has 6 heteroatoms. The molecule has 1 N–H and O–H groups in total. The fourth-order valence-electron chi connectivity index (χ4n) is 1.80. The van der Waals surface area contributed by atoms with Gasteiger partial charge >= 0.3 is 0 Å². The van der Waals surface area contributed by atoms with Gasteiger partial charge < -0.3 is 0 Å². The molecule has 2 aromatic rings. The smallest absolute Gasteiger partial charge is 0.237 e. The van der Waals surface area contributed by atoms with Gasteiger partial charge in [0.05, 0.1) is 11.3 Å². The number of aryl methyl sites for hydroxylation is 1. The van der Waals surface area contributed by atoms with E-state index in [2.05, 4.69) is 10.8 Å². The lowest BCUT2D eigenvalue weighted by atomic mass is 10.2. The highest BCUT2D eigenvalue weighted by Crippen LogP contribution is 2.32. The average Bonchev–Trinajstić information content (AvgIpc) is 2.64. The van der Waals surface area contributed by atoms with E-state index < -0.39 is 10.0 Å². The quantitative estimate of drug-likeness (QED) is 0.943. The first-order valence-electron chi connectivity index (χ1n) is 5.97. The van der Waals surface area contributed by atoms with Crippen LogP contribution in [0.5, 0.6) is 0 Å². The monoisotopic (exact) mass is 306 g/mol. The first-order chi connectivity index (χ1) is 9.43. The Labute approximate surface area is 122 Å². The van der Waals surface area contributed by atoms with Crippen molar-refractivity contribution in [3.63, 3.8) is 0 Å². The zero-order valence-corrected chi connectivity index (χ0v) is 12.8. The van der Waals surface area contributed by atoms with Crippen molar-refractivity contribution in [1.29, 1.82) is 5.26 Å². The molecule has 104 valence electrons. The molecule has 0 saturated carbocycles. The van der Waals surface area contributed by atoms with Crippen LogP contribution in [0, 0.1) is 25.2 Å². The highest BCUT2D eigenvalue weighted by molar-refractivity contribution is 7.92. The van der Waals surface area contributed by atoms with E-state index in [1.54, 1.807) is 24.3 Å². The van der Waals surface area contributed by atoms with Gasteiger partial charge in [0.2, 0.25) is 10.0 Å². The number of hydrogen-bond donors (Lipinski definition) is 1. The van der Waals surface area contributed by atoms with E-state index in [1.807, 2.05) is 19.9 Å². The number of rotatable bonds is 4. The molecule has 0 amide bonds. The summed E-state index contributed by atoms with van der Waals surface area (Å²) < 4.78 is 26.8. The number of nitrogens with one attached hydrogen (secondary N) is 1. The zero-order valence-electron chi connectivity index (χ0n) is 11.2. The van der Waals surface area contributed by atoms with Crippen LogP contribution < -0.4 is 4.72 Å². The molecule has 0 fully saturated rings. The van der Waals surface area contributed by atoms with E-state index in [0.29, 0.717) is 16.1 Å². The molecule has 0 radical (unpaired) electrons. The molecule has 0 saturated heterocycles. The van der Waals surface area contributed by atoms with E-state index in [-0.39, 0.29) is 5.75 Å². The van der Waals surface area contributed by atoms with Crippen molar-refractivity contribution in [2.24, 2.45) is 0 Å². The Kier molecular flexibility index (Phi) is 4.12. The SMILES string of the molecule is Cc1sc(NS(=O)(=O)Cc2ccccc2)c(C#N)c1C. The molecule has 0 spiro atoms. The summed E-state index contributed by atoms with van der Waals surface area (Å²) in [5.74, 6) is -0.102. The third-order valence-corrected chi connectivity index (χ3v) is 5.43. The summed E-state index contributed by atoms with van der Waals surface area (Å²) in [4.78, 5) is 0.943. The van der Waals surface area contributed by atoms with Gasteiger partial charge in [0.1, 0.15) is 11.1 Å². The zero-order chi connectivity index (χ0) is 14.8. The maximum absolute atomic E-state index is 12.1. The summed E-state index contributed by atoms with van der Waals surface area (Å²) in [7, 11) is -3.51. The number of thiophene rings is 1. The highest BCUT2D eigenvalue weighted by atomic mass is 32.2. The summed E-state index contributed by atoms with van der Waals surface area (Å²) in [6.45, 7) is 3.69. The molecular formula is C14H14N2O2S2. The number of benzene rings is 1. The Morgan fingerprint density at radius 1 is 1.25 bits per heavy atom. The highest BCUT2D eigenvalue weighted by Gasteiger charge is 2.18. The minimum Gasteiger partial charge on any atom is -0.273 e.